The molecule has 0 aliphatic carbocycles. The van der Waals surface area contributed by atoms with Gasteiger partial charge in [-0.05, 0) is 30.9 Å². The normalized spacial score (nSPS) is 13.1. The molecule has 8 heteroatoms. The predicted molar refractivity (Wildman–Crippen MR) is 78.0 cm³/mol. The van der Waals surface area contributed by atoms with Crippen molar-refractivity contribution < 1.29 is 22.7 Å². The summed E-state index contributed by atoms with van der Waals surface area (Å²) >= 11 is 0. The summed E-state index contributed by atoms with van der Waals surface area (Å²) in [4.78, 5) is -0.242. The number of ether oxygens (including phenoxy) is 1. The maximum absolute atomic E-state index is 13.7. The minimum atomic E-state index is -3.82. The van der Waals surface area contributed by atoms with Gasteiger partial charge in [-0.1, -0.05) is 6.92 Å². The Morgan fingerprint density at radius 3 is 2.67 bits per heavy atom. The Morgan fingerprint density at radius 1 is 1.48 bits per heavy atom. The second-order valence-electron chi connectivity index (χ2n) is 4.86. The second-order valence-corrected chi connectivity index (χ2v) is 6.62. The number of rotatable bonds is 8. The van der Waals surface area contributed by atoms with Gasteiger partial charge in [0.25, 0.3) is 0 Å². The number of sulfonamides is 1. The highest BCUT2D eigenvalue weighted by atomic mass is 32.2. The van der Waals surface area contributed by atoms with Crippen LogP contribution in [0, 0.1) is 11.7 Å². The van der Waals surface area contributed by atoms with Crippen molar-refractivity contribution in [2.24, 2.45) is 5.92 Å². The largest absolute Gasteiger partial charge is 0.492 e. The van der Waals surface area contributed by atoms with Gasteiger partial charge in [-0.3, -0.25) is 0 Å². The Balaban J connectivity index is 2.75. The Kier molecular flexibility index (Phi) is 6.38. The number of nitrogen functional groups attached to an aromatic ring is 1. The first kappa shape index (κ1) is 17.7. The second kappa shape index (κ2) is 7.58. The van der Waals surface area contributed by atoms with Crippen LogP contribution in [0.15, 0.2) is 17.0 Å². The van der Waals surface area contributed by atoms with Crippen molar-refractivity contribution in [1.82, 2.24) is 4.72 Å². The van der Waals surface area contributed by atoms with Crippen molar-refractivity contribution in [2.75, 3.05) is 26.0 Å². The Hall–Kier alpha value is -1.38. The van der Waals surface area contributed by atoms with Crippen LogP contribution in [0.4, 0.5) is 10.1 Å². The molecule has 1 aromatic rings. The average molecular weight is 320 g/mol. The number of nitrogens with one attached hydrogen (secondary N) is 1. The van der Waals surface area contributed by atoms with E-state index in [0.717, 1.165) is 12.1 Å². The lowest BCUT2D eigenvalue weighted by Gasteiger charge is -2.11. The fourth-order valence-electron chi connectivity index (χ4n) is 1.79. The van der Waals surface area contributed by atoms with Crippen molar-refractivity contribution in [3.8, 4) is 5.75 Å². The zero-order valence-corrected chi connectivity index (χ0v) is 12.9. The number of aliphatic hydroxyl groups is 1. The van der Waals surface area contributed by atoms with Crippen LogP contribution >= 0.6 is 0 Å². The van der Waals surface area contributed by atoms with Gasteiger partial charge < -0.3 is 15.6 Å². The maximum atomic E-state index is 13.7. The Bertz CT molecular complexity index is 555. The molecule has 120 valence electrons. The summed E-state index contributed by atoms with van der Waals surface area (Å²) in [5, 5.41) is 8.88. The number of anilines is 1. The molecular weight excluding hydrogens is 299 g/mol. The molecule has 1 aromatic carbocycles. The first-order chi connectivity index (χ1) is 9.81. The molecule has 6 nitrogen and oxygen atoms in total. The van der Waals surface area contributed by atoms with Crippen molar-refractivity contribution in [3.63, 3.8) is 0 Å². The molecule has 0 heterocycles. The standard InChI is InChI=1S/C13H21FN2O4S/c1-9(8-17)4-3-5-16-21(18,19)10-6-11(14)13(20-2)12(15)7-10/h6-7,9,16-17H,3-5,8,15H2,1-2H3. The van der Waals surface area contributed by atoms with E-state index in [1.165, 1.54) is 7.11 Å². The summed E-state index contributed by atoms with van der Waals surface area (Å²) in [5.41, 5.74) is 5.48. The molecule has 0 fully saturated rings. The third-order valence-electron chi connectivity index (χ3n) is 3.04. The molecular formula is C13H21FN2O4S. The molecule has 4 N–H and O–H groups in total. The third kappa shape index (κ3) is 4.83. The van der Waals surface area contributed by atoms with E-state index in [-0.39, 0.29) is 35.4 Å². The first-order valence-electron chi connectivity index (χ1n) is 6.55. The molecule has 1 unspecified atom stereocenters. The van der Waals surface area contributed by atoms with Crippen LogP contribution < -0.4 is 15.2 Å². The fourth-order valence-corrected chi connectivity index (χ4v) is 2.91. The smallest absolute Gasteiger partial charge is 0.240 e. The number of nitrogens with two attached hydrogens (primary N) is 1. The molecule has 0 aromatic heterocycles. The molecule has 1 rings (SSSR count). The summed E-state index contributed by atoms with van der Waals surface area (Å²) in [7, 11) is -2.57. The van der Waals surface area contributed by atoms with Gasteiger partial charge in [0, 0.05) is 13.2 Å². The van der Waals surface area contributed by atoms with Gasteiger partial charge in [0.1, 0.15) is 0 Å². The van der Waals surface area contributed by atoms with Crippen molar-refractivity contribution >= 4 is 15.7 Å². The molecule has 0 saturated heterocycles. The Labute approximate surface area is 124 Å². The lowest BCUT2D eigenvalue weighted by atomic mass is 10.1. The molecule has 0 aliphatic rings. The van der Waals surface area contributed by atoms with E-state index in [1.807, 2.05) is 6.92 Å². The molecule has 0 amide bonds. The molecule has 0 spiro atoms. The van der Waals surface area contributed by atoms with Gasteiger partial charge in [0.15, 0.2) is 11.6 Å². The third-order valence-corrected chi connectivity index (χ3v) is 4.48. The summed E-state index contributed by atoms with van der Waals surface area (Å²) in [6, 6.07) is 2.02. The van der Waals surface area contributed by atoms with Crippen LogP contribution in [0.1, 0.15) is 19.8 Å². The zero-order valence-electron chi connectivity index (χ0n) is 12.1. The SMILES string of the molecule is COc1c(N)cc(S(=O)(=O)NCCCC(C)CO)cc1F. The minimum absolute atomic E-state index is 0.0625. The lowest BCUT2D eigenvalue weighted by molar-refractivity contribution is 0.228. The van der Waals surface area contributed by atoms with Gasteiger partial charge >= 0.3 is 0 Å². The van der Waals surface area contributed by atoms with Crippen molar-refractivity contribution in [3.05, 3.63) is 17.9 Å². The van der Waals surface area contributed by atoms with E-state index in [4.69, 9.17) is 15.6 Å². The monoisotopic (exact) mass is 320 g/mol. The van der Waals surface area contributed by atoms with Crippen molar-refractivity contribution in [1.29, 1.82) is 0 Å². The molecule has 0 aliphatic heterocycles. The van der Waals surface area contributed by atoms with Crippen LogP contribution in [-0.4, -0.2) is 33.8 Å². The molecule has 0 saturated carbocycles. The highest BCUT2D eigenvalue weighted by Gasteiger charge is 2.18. The number of methoxy groups -OCH3 is 1. The number of aliphatic hydroxyl groups excluding tert-OH is 1. The lowest BCUT2D eigenvalue weighted by Crippen LogP contribution is -2.25. The van der Waals surface area contributed by atoms with E-state index in [9.17, 15) is 12.8 Å². The Morgan fingerprint density at radius 2 is 2.14 bits per heavy atom. The first-order valence-corrected chi connectivity index (χ1v) is 8.03. The van der Waals surface area contributed by atoms with Gasteiger partial charge in [0.2, 0.25) is 10.0 Å². The highest BCUT2D eigenvalue weighted by Crippen LogP contribution is 2.28. The minimum Gasteiger partial charge on any atom is -0.492 e. The van der Waals surface area contributed by atoms with Crippen LogP contribution in [0.3, 0.4) is 0 Å². The van der Waals surface area contributed by atoms with Gasteiger partial charge in [-0.15, -0.1) is 0 Å². The zero-order chi connectivity index (χ0) is 16.0. The number of halogens is 1. The summed E-state index contributed by atoms with van der Waals surface area (Å²) in [6.07, 6.45) is 1.27. The van der Waals surface area contributed by atoms with Crippen LogP contribution in [0.5, 0.6) is 5.75 Å². The van der Waals surface area contributed by atoms with Crippen LogP contribution in [0.2, 0.25) is 0 Å². The topological polar surface area (TPSA) is 102 Å². The number of hydrogen-bond acceptors (Lipinski definition) is 5. The molecule has 21 heavy (non-hydrogen) atoms. The van der Waals surface area contributed by atoms with E-state index < -0.39 is 15.8 Å². The van der Waals surface area contributed by atoms with Crippen LogP contribution in [-0.2, 0) is 10.0 Å². The molecule has 1 atom stereocenters. The van der Waals surface area contributed by atoms with Crippen LogP contribution in [0.25, 0.3) is 0 Å². The van der Waals surface area contributed by atoms with Gasteiger partial charge in [0.05, 0.1) is 17.7 Å². The van der Waals surface area contributed by atoms with Gasteiger partial charge in [-0.25, -0.2) is 17.5 Å². The maximum Gasteiger partial charge on any atom is 0.240 e. The van der Waals surface area contributed by atoms with Crippen molar-refractivity contribution in [2.45, 2.75) is 24.7 Å². The molecule has 0 radical (unpaired) electrons. The highest BCUT2D eigenvalue weighted by molar-refractivity contribution is 7.89. The van der Waals surface area contributed by atoms with E-state index in [2.05, 4.69) is 4.72 Å². The van der Waals surface area contributed by atoms with E-state index in [1.54, 1.807) is 0 Å². The van der Waals surface area contributed by atoms with Gasteiger partial charge in [-0.2, -0.15) is 0 Å². The summed E-state index contributed by atoms with van der Waals surface area (Å²) in [6.45, 7) is 2.14. The molecule has 0 bridgehead atoms. The number of benzene rings is 1. The van der Waals surface area contributed by atoms with E-state index >= 15 is 0 Å². The number of hydrogen-bond donors (Lipinski definition) is 3. The summed E-state index contributed by atoms with van der Waals surface area (Å²) < 4.78 is 44.8. The van der Waals surface area contributed by atoms with E-state index in [0.29, 0.717) is 12.8 Å². The quantitative estimate of drug-likeness (QED) is 0.492. The fraction of sp³-hybridized carbons (Fsp3) is 0.538. The summed E-state index contributed by atoms with van der Waals surface area (Å²) in [5.74, 6) is -0.888. The average Bonchev–Trinajstić information content (AvgIpc) is 2.43. The predicted octanol–water partition coefficient (Wildman–Crippen LogP) is 1.10.